The van der Waals surface area contributed by atoms with Gasteiger partial charge in [-0.25, -0.2) is 4.79 Å². The molecule has 2 aliphatic heterocycles. The maximum Gasteiger partial charge on any atom is 0.317 e. The number of ether oxygens (including phenoxy) is 1. The minimum atomic E-state index is -0.826. The van der Waals surface area contributed by atoms with Crippen LogP contribution in [-0.2, 0) is 9.53 Å². The summed E-state index contributed by atoms with van der Waals surface area (Å²) in [5.74, 6) is -0.224. The van der Waals surface area contributed by atoms with Gasteiger partial charge in [-0.15, -0.1) is 0 Å². The van der Waals surface area contributed by atoms with E-state index in [9.17, 15) is 14.7 Å². The first kappa shape index (κ1) is 13.7. The number of carbonyl (C=O) groups excluding carboxylic acids is 1. The number of likely N-dealkylation sites (tertiary alicyclic amines) is 1. The molecule has 2 saturated heterocycles. The van der Waals surface area contributed by atoms with E-state index in [1.807, 2.05) is 0 Å². The van der Waals surface area contributed by atoms with Gasteiger partial charge in [-0.3, -0.25) is 4.79 Å². The van der Waals surface area contributed by atoms with Crippen LogP contribution in [0, 0.1) is 11.3 Å². The van der Waals surface area contributed by atoms with Crippen molar-refractivity contribution in [2.75, 3.05) is 19.7 Å². The van der Waals surface area contributed by atoms with Gasteiger partial charge in [-0.1, -0.05) is 0 Å². The highest BCUT2D eigenvalue weighted by atomic mass is 16.5. The highest BCUT2D eigenvalue weighted by molar-refractivity contribution is 5.79. The standard InChI is InChI=1S/C14H22N2O4/c1-14(12(17)18)5-6-16(8-14)13(19)15-10-4-7-20-11(10)9-2-3-9/h9-11H,2-8H2,1H3,(H,15,19)(H,17,18). The molecule has 3 aliphatic rings. The molecular formula is C14H22N2O4. The average molecular weight is 282 g/mol. The molecule has 0 aromatic heterocycles. The minimum absolute atomic E-state index is 0.0895. The van der Waals surface area contributed by atoms with E-state index in [-0.39, 0.29) is 24.7 Å². The van der Waals surface area contributed by atoms with Gasteiger partial charge in [0, 0.05) is 19.7 Å². The fourth-order valence-electron chi connectivity index (χ4n) is 3.21. The second-order valence-corrected chi connectivity index (χ2v) is 6.55. The topological polar surface area (TPSA) is 78.9 Å². The number of aliphatic carboxylic acids is 1. The van der Waals surface area contributed by atoms with Crippen molar-refractivity contribution in [1.29, 1.82) is 0 Å². The fourth-order valence-corrected chi connectivity index (χ4v) is 3.21. The molecule has 0 spiro atoms. The Kier molecular flexibility index (Phi) is 3.36. The van der Waals surface area contributed by atoms with Crippen molar-refractivity contribution in [3.8, 4) is 0 Å². The zero-order valence-corrected chi connectivity index (χ0v) is 11.8. The largest absolute Gasteiger partial charge is 0.481 e. The lowest BCUT2D eigenvalue weighted by Crippen LogP contribution is -2.48. The molecule has 112 valence electrons. The molecule has 3 rings (SSSR count). The molecule has 3 unspecified atom stereocenters. The monoisotopic (exact) mass is 282 g/mol. The Hall–Kier alpha value is -1.30. The Balaban J connectivity index is 1.56. The summed E-state index contributed by atoms with van der Waals surface area (Å²) in [6.45, 7) is 3.21. The fraction of sp³-hybridized carbons (Fsp3) is 0.857. The number of amides is 2. The normalized spacial score (nSPS) is 37.1. The molecule has 0 bridgehead atoms. The van der Waals surface area contributed by atoms with E-state index >= 15 is 0 Å². The molecular weight excluding hydrogens is 260 g/mol. The van der Waals surface area contributed by atoms with E-state index in [0.29, 0.717) is 25.5 Å². The molecule has 1 saturated carbocycles. The number of carboxylic acid groups (broad SMARTS) is 1. The summed E-state index contributed by atoms with van der Waals surface area (Å²) in [7, 11) is 0. The highest BCUT2D eigenvalue weighted by Crippen LogP contribution is 2.39. The molecule has 1 aliphatic carbocycles. The first-order valence-corrected chi connectivity index (χ1v) is 7.40. The van der Waals surface area contributed by atoms with Crippen LogP contribution in [0.3, 0.4) is 0 Å². The number of carbonyl (C=O) groups is 2. The maximum atomic E-state index is 12.3. The number of nitrogens with zero attached hydrogens (tertiary/aromatic N) is 1. The summed E-state index contributed by atoms with van der Waals surface area (Å²) in [6, 6.07) is -0.0530. The molecule has 0 radical (unpaired) electrons. The SMILES string of the molecule is CC1(C(=O)O)CCN(C(=O)NC2CCOC2C2CC2)C1. The van der Waals surface area contributed by atoms with Gasteiger partial charge in [0.2, 0.25) is 0 Å². The minimum Gasteiger partial charge on any atom is -0.481 e. The Morgan fingerprint density at radius 3 is 2.70 bits per heavy atom. The predicted octanol–water partition coefficient (Wildman–Crippen LogP) is 1.06. The lowest BCUT2D eigenvalue weighted by molar-refractivity contribution is -0.147. The highest BCUT2D eigenvalue weighted by Gasteiger charge is 2.44. The number of hydrogen-bond acceptors (Lipinski definition) is 3. The van der Waals surface area contributed by atoms with E-state index in [2.05, 4.69) is 5.32 Å². The summed E-state index contributed by atoms with van der Waals surface area (Å²) < 4.78 is 5.70. The predicted molar refractivity (Wildman–Crippen MR) is 71.3 cm³/mol. The van der Waals surface area contributed by atoms with Crippen LogP contribution in [0.4, 0.5) is 4.79 Å². The Bertz CT molecular complexity index is 423. The second-order valence-electron chi connectivity index (χ2n) is 6.55. The van der Waals surface area contributed by atoms with Crippen LogP contribution in [-0.4, -0.2) is 53.8 Å². The molecule has 6 heteroatoms. The number of hydrogen-bond donors (Lipinski definition) is 2. The molecule has 0 aromatic carbocycles. The van der Waals surface area contributed by atoms with E-state index in [1.165, 1.54) is 12.8 Å². The van der Waals surface area contributed by atoms with Crippen molar-refractivity contribution in [1.82, 2.24) is 10.2 Å². The number of carboxylic acids is 1. The van der Waals surface area contributed by atoms with Crippen LogP contribution in [0.25, 0.3) is 0 Å². The lowest BCUT2D eigenvalue weighted by Gasteiger charge is -2.25. The van der Waals surface area contributed by atoms with Gasteiger partial charge in [0.25, 0.3) is 0 Å². The van der Waals surface area contributed by atoms with Gasteiger partial charge in [0.15, 0.2) is 0 Å². The van der Waals surface area contributed by atoms with E-state index < -0.39 is 11.4 Å². The molecule has 6 nitrogen and oxygen atoms in total. The van der Waals surface area contributed by atoms with Crippen LogP contribution >= 0.6 is 0 Å². The molecule has 3 fully saturated rings. The molecule has 0 aromatic rings. The lowest BCUT2D eigenvalue weighted by atomic mass is 9.90. The van der Waals surface area contributed by atoms with Gasteiger partial charge < -0.3 is 20.1 Å². The van der Waals surface area contributed by atoms with Crippen molar-refractivity contribution in [2.24, 2.45) is 11.3 Å². The van der Waals surface area contributed by atoms with E-state index in [4.69, 9.17) is 4.74 Å². The second kappa shape index (κ2) is 4.91. The van der Waals surface area contributed by atoms with Gasteiger partial charge >= 0.3 is 12.0 Å². The van der Waals surface area contributed by atoms with Crippen LogP contribution < -0.4 is 5.32 Å². The molecule has 2 amide bonds. The average Bonchev–Trinajstić information content (AvgIpc) is 3.00. The van der Waals surface area contributed by atoms with E-state index in [1.54, 1.807) is 11.8 Å². The molecule has 2 N–H and O–H groups in total. The van der Waals surface area contributed by atoms with Crippen molar-refractivity contribution < 1.29 is 19.4 Å². The summed E-state index contributed by atoms with van der Waals surface area (Å²) in [6.07, 6.45) is 3.92. The first-order valence-electron chi connectivity index (χ1n) is 7.40. The van der Waals surface area contributed by atoms with Crippen molar-refractivity contribution in [2.45, 2.75) is 44.8 Å². The summed E-state index contributed by atoms with van der Waals surface area (Å²) in [4.78, 5) is 25.1. The smallest absolute Gasteiger partial charge is 0.317 e. The summed E-state index contributed by atoms with van der Waals surface area (Å²) >= 11 is 0. The third kappa shape index (κ3) is 2.49. The third-order valence-corrected chi connectivity index (χ3v) is 4.81. The van der Waals surface area contributed by atoms with Gasteiger partial charge in [-0.2, -0.15) is 0 Å². The molecule has 3 atom stereocenters. The van der Waals surface area contributed by atoms with Crippen LogP contribution in [0.2, 0.25) is 0 Å². The van der Waals surface area contributed by atoms with Crippen LogP contribution in [0.1, 0.15) is 32.6 Å². The Morgan fingerprint density at radius 1 is 1.35 bits per heavy atom. The summed E-state index contributed by atoms with van der Waals surface area (Å²) in [5, 5.41) is 12.2. The Labute approximate surface area is 118 Å². The molecule has 20 heavy (non-hydrogen) atoms. The van der Waals surface area contributed by atoms with Crippen LogP contribution in [0.15, 0.2) is 0 Å². The number of urea groups is 1. The number of nitrogens with one attached hydrogen (secondary N) is 1. The summed E-state index contributed by atoms with van der Waals surface area (Å²) in [5.41, 5.74) is -0.806. The zero-order chi connectivity index (χ0) is 14.3. The van der Waals surface area contributed by atoms with Gasteiger partial charge in [0.05, 0.1) is 17.6 Å². The van der Waals surface area contributed by atoms with Crippen LogP contribution in [0.5, 0.6) is 0 Å². The van der Waals surface area contributed by atoms with Gasteiger partial charge in [0.1, 0.15) is 0 Å². The van der Waals surface area contributed by atoms with Crippen molar-refractivity contribution >= 4 is 12.0 Å². The quantitative estimate of drug-likeness (QED) is 0.811. The molecule has 2 heterocycles. The van der Waals surface area contributed by atoms with Crippen molar-refractivity contribution in [3.05, 3.63) is 0 Å². The third-order valence-electron chi connectivity index (χ3n) is 4.81. The van der Waals surface area contributed by atoms with Crippen molar-refractivity contribution in [3.63, 3.8) is 0 Å². The number of rotatable bonds is 3. The Morgan fingerprint density at radius 2 is 2.10 bits per heavy atom. The zero-order valence-electron chi connectivity index (χ0n) is 11.8. The van der Waals surface area contributed by atoms with E-state index in [0.717, 1.165) is 6.42 Å². The first-order chi connectivity index (χ1) is 9.49. The maximum absolute atomic E-state index is 12.3. The van der Waals surface area contributed by atoms with Gasteiger partial charge in [-0.05, 0) is 38.5 Å².